The number of likely N-dealkylation sites (N-methyl/N-ethyl adjacent to an activating group) is 1. The van der Waals surface area contributed by atoms with Crippen LogP contribution in [0.25, 0.3) is 10.2 Å². The molecule has 3 rings (SSSR count). The average Bonchev–Trinajstić information content (AvgIpc) is 2.97. The van der Waals surface area contributed by atoms with E-state index in [1.54, 1.807) is 16.2 Å². The van der Waals surface area contributed by atoms with Gasteiger partial charge in [-0.2, -0.15) is 0 Å². The maximum atomic E-state index is 12.9. The van der Waals surface area contributed by atoms with Crippen LogP contribution in [0.1, 0.15) is 24.4 Å². The second-order valence-electron chi connectivity index (χ2n) is 6.23. The van der Waals surface area contributed by atoms with Gasteiger partial charge >= 0.3 is 0 Å². The van der Waals surface area contributed by atoms with Gasteiger partial charge in [0.2, 0.25) is 5.91 Å². The van der Waals surface area contributed by atoms with Gasteiger partial charge in [0.1, 0.15) is 5.01 Å². The summed E-state index contributed by atoms with van der Waals surface area (Å²) >= 11 is 1.64. The Hall–Kier alpha value is -2.20. The van der Waals surface area contributed by atoms with E-state index in [1.165, 1.54) is 0 Å². The molecule has 0 spiro atoms. The summed E-state index contributed by atoms with van der Waals surface area (Å²) in [6, 6.07) is 18.0. The monoisotopic (exact) mass is 324 g/mol. The first-order valence-corrected chi connectivity index (χ1v) is 8.45. The lowest BCUT2D eigenvalue weighted by molar-refractivity contribution is -0.135. The van der Waals surface area contributed by atoms with E-state index in [1.807, 2.05) is 69.4 Å². The van der Waals surface area contributed by atoms with Crippen molar-refractivity contribution in [1.29, 1.82) is 0 Å². The van der Waals surface area contributed by atoms with Gasteiger partial charge in [0.25, 0.3) is 0 Å². The minimum atomic E-state index is -0.549. The maximum Gasteiger partial charge on any atom is 0.232 e. The molecule has 118 valence electrons. The van der Waals surface area contributed by atoms with E-state index in [2.05, 4.69) is 11.1 Å². The molecule has 0 saturated heterocycles. The number of amides is 1. The first-order chi connectivity index (χ1) is 11.0. The number of rotatable bonds is 4. The minimum absolute atomic E-state index is 0.1000. The number of fused-ring (bicyclic) bond motifs is 1. The molecule has 0 atom stereocenters. The van der Waals surface area contributed by atoms with Crippen molar-refractivity contribution in [1.82, 2.24) is 9.88 Å². The van der Waals surface area contributed by atoms with Crippen molar-refractivity contribution in [3.05, 3.63) is 65.2 Å². The molecule has 0 radical (unpaired) electrons. The fourth-order valence-corrected chi connectivity index (χ4v) is 3.74. The third-order valence-corrected chi connectivity index (χ3v) is 5.11. The molecule has 1 aromatic heterocycles. The van der Waals surface area contributed by atoms with Crippen LogP contribution in [0.2, 0.25) is 0 Å². The van der Waals surface area contributed by atoms with Crippen molar-refractivity contribution in [2.24, 2.45) is 0 Å². The fourth-order valence-electron chi connectivity index (χ4n) is 2.72. The molecule has 4 heteroatoms. The summed E-state index contributed by atoms with van der Waals surface area (Å²) in [7, 11) is 1.85. The van der Waals surface area contributed by atoms with E-state index in [9.17, 15) is 4.79 Å². The van der Waals surface area contributed by atoms with Crippen molar-refractivity contribution >= 4 is 27.5 Å². The van der Waals surface area contributed by atoms with Crippen LogP contribution in [-0.2, 0) is 16.8 Å². The van der Waals surface area contributed by atoms with E-state index in [-0.39, 0.29) is 5.91 Å². The molecule has 0 saturated carbocycles. The van der Waals surface area contributed by atoms with Gasteiger partial charge in [-0.25, -0.2) is 4.98 Å². The minimum Gasteiger partial charge on any atom is -0.338 e. The van der Waals surface area contributed by atoms with Gasteiger partial charge in [-0.3, -0.25) is 4.79 Å². The Labute approximate surface area is 140 Å². The number of hydrogen-bond donors (Lipinski definition) is 0. The number of nitrogens with zero attached hydrogens (tertiary/aromatic N) is 2. The first-order valence-electron chi connectivity index (χ1n) is 7.64. The molecule has 1 amide bonds. The second-order valence-corrected chi connectivity index (χ2v) is 7.34. The highest BCUT2D eigenvalue weighted by Crippen LogP contribution is 2.27. The quantitative estimate of drug-likeness (QED) is 0.719. The zero-order chi connectivity index (χ0) is 16.4. The molecule has 0 aliphatic rings. The van der Waals surface area contributed by atoms with Crippen LogP contribution in [-0.4, -0.2) is 22.8 Å². The van der Waals surface area contributed by atoms with Crippen LogP contribution in [0, 0.1) is 0 Å². The molecule has 0 aliphatic carbocycles. The Morgan fingerprint density at radius 3 is 2.43 bits per heavy atom. The standard InChI is InChI=1S/C19H20N2OS/c1-19(2,14-9-5-4-6-10-14)18(22)21(3)13-17-20-15-11-7-8-12-16(15)23-17/h4-12H,13H2,1-3H3. The van der Waals surface area contributed by atoms with E-state index in [0.29, 0.717) is 6.54 Å². The molecule has 0 bridgehead atoms. The summed E-state index contributed by atoms with van der Waals surface area (Å²) in [5, 5.41) is 0.964. The molecule has 3 nitrogen and oxygen atoms in total. The Balaban J connectivity index is 1.79. The zero-order valence-electron chi connectivity index (χ0n) is 13.6. The van der Waals surface area contributed by atoms with Crippen molar-refractivity contribution < 1.29 is 4.79 Å². The third kappa shape index (κ3) is 3.13. The van der Waals surface area contributed by atoms with Crippen LogP contribution in [0.4, 0.5) is 0 Å². The average molecular weight is 324 g/mol. The van der Waals surface area contributed by atoms with Gasteiger partial charge in [0, 0.05) is 7.05 Å². The van der Waals surface area contributed by atoms with Gasteiger partial charge in [-0.1, -0.05) is 42.5 Å². The molecule has 23 heavy (non-hydrogen) atoms. The highest BCUT2D eigenvalue weighted by atomic mass is 32.1. The van der Waals surface area contributed by atoms with E-state index in [0.717, 1.165) is 20.8 Å². The normalized spacial score (nSPS) is 11.6. The predicted molar refractivity (Wildman–Crippen MR) is 95.6 cm³/mol. The molecule has 3 aromatic rings. The van der Waals surface area contributed by atoms with Gasteiger partial charge in [-0.05, 0) is 31.5 Å². The lowest BCUT2D eigenvalue weighted by Gasteiger charge is -2.29. The second kappa shape index (κ2) is 6.13. The topological polar surface area (TPSA) is 33.2 Å². The van der Waals surface area contributed by atoms with Crippen LogP contribution < -0.4 is 0 Å². The number of hydrogen-bond acceptors (Lipinski definition) is 3. The van der Waals surface area contributed by atoms with Crippen molar-refractivity contribution in [3.8, 4) is 0 Å². The lowest BCUT2D eigenvalue weighted by Crippen LogP contribution is -2.40. The SMILES string of the molecule is CN(Cc1nc2ccccc2s1)C(=O)C(C)(C)c1ccccc1. The molecule has 0 fully saturated rings. The van der Waals surface area contributed by atoms with Gasteiger partial charge in [0.05, 0.1) is 22.2 Å². The number of para-hydroxylation sites is 1. The Bertz CT molecular complexity index is 791. The molecule has 0 unspecified atom stereocenters. The largest absolute Gasteiger partial charge is 0.338 e. The molecule has 0 N–H and O–H groups in total. The number of aromatic nitrogens is 1. The highest BCUT2D eigenvalue weighted by Gasteiger charge is 2.32. The lowest BCUT2D eigenvalue weighted by atomic mass is 9.83. The molecule has 0 aliphatic heterocycles. The fraction of sp³-hybridized carbons (Fsp3) is 0.263. The van der Waals surface area contributed by atoms with E-state index >= 15 is 0 Å². The van der Waals surface area contributed by atoms with Crippen LogP contribution in [0.3, 0.4) is 0 Å². The summed E-state index contributed by atoms with van der Waals surface area (Å²) < 4.78 is 1.16. The Morgan fingerprint density at radius 2 is 1.74 bits per heavy atom. The maximum absolute atomic E-state index is 12.9. The summed E-state index contributed by atoms with van der Waals surface area (Å²) in [5.41, 5.74) is 1.48. The van der Waals surface area contributed by atoms with Crippen LogP contribution in [0.5, 0.6) is 0 Å². The third-order valence-electron chi connectivity index (χ3n) is 4.09. The zero-order valence-corrected chi connectivity index (χ0v) is 14.4. The highest BCUT2D eigenvalue weighted by molar-refractivity contribution is 7.18. The molecule has 2 aromatic carbocycles. The van der Waals surface area contributed by atoms with Crippen molar-refractivity contribution in [2.75, 3.05) is 7.05 Å². The number of carbonyl (C=O) groups excluding carboxylic acids is 1. The van der Waals surface area contributed by atoms with Gasteiger partial charge in [0.15, 0.2) is 0 Å². The van der Waals surface area contributed by atoms with Crippen LogP contribution >= 0.6 is 11.3 Å². The first kappa shape index (κ1) is 15.7. The summed E-state index contributed by atoms with van der Waals surface area (Å²) in [4.78, 5) is 19.3. The molecule has 1 heterocycles. The van der Waals surface area contributed by atoms with E-state index < -0.39 is 5.41 Å². The Morgan fingerprint density at radius 1 is 1.09 bits per heavy atom. The summed E-state index contributed by atoms with van der Waals surface area (Å²) in [6.45, 7) is 4.48. The molecular weight excluding hydrogens is 304 g/mol. The Kier molecular flexibility index (Phi) is 4.18. The molecular formula is C19H20N2OS. The number of benzene rings is 2. The van der Waals surface area contributed by atoms with Gasteiger partial charge in [-0.15, -0.1) is 11.3 Å². The van der Waals surface area contributed by atoms with Crippen molar-refractivity contribution in [2.45, 2.75) is 25.8 Å². The van der Waals surface area contributed by atoms with Crippen LogP contribution in [0.15, 0.2) is 54.6 Å². The predicted octanol–water partition coefficient (Wildman–Crippen LogP) is 4.23. The smallest absolute Gasteiger partial charge is 0.232 e. The van der Waals surface area contributed by atoms with Crippen molar-refractivity contribution in [3.63, 3.8) is 0 Å². The van der Waals surface area contributed by atoms with E-state index in [4.69, 9.17) is 0 Å². The summed E-state index contributed by atoms with van der Waals surface area (Å²) in [6.07, 6.45) is 0. The number of thiazole rings is 1. The van der Waals surface area contributed by atoms with Gasteiger partial charge < -0.3 is 4.90 Å². The number of carbonyl (C=O) groups is 1. The summed E-state index contributed by atoms with van der Waals surface area (Å²) in [5.74, 6) is 0.1000.